The van der Waals surface area contributed by atoms with Crippen molar-refractivity contribution >= 4 is 11.8 Å². The molecule has 5 nitrogen and oxygen atoms in total. The van der Waals surface area contributed by atoms with Crippen molar-refractivity contribution in [3.05, 3.63) is 47.9 Å². The molecule has 1 saturated carbocycles. The number of carbonyl (C=O) groups excluding carboxylic acids is 2. The number of furan rings is 1. The largest absolute Gasteiger partial charge is 0.493 e. The highest BCUT2D eigenvalue weighted by atomic mass is 16.6. The molecule has 1 aliphatic rings. The molecular weight excluding hydrogens is 284 g/mol. The lowest BCUT2D eigenvalue weighted by atomic mass is 10.1. The number of ketones is 1. The first-order valence-electron chi connectivity index (χ1n) is 7.04. The Morgan fingerprint density at radius 3 is 2.68 bits per heavy atom. The summed E-state index contributed by atoms with van der Waals surface area (Å²) in [5.41, 5.74) is 0.511. The van der Waals surface area contributed by atoms with E-state index in [0.717, 1.165) is 12.2 Å². The second kappa shape index (κ2) is 5.67. The lowest BCUT2D eigenvalue weighted by molar-refractivity contribution is -0.136. The van der Waals surface area contributed by atoms with Crippen LogP contribution in [0.15, 0.2) is 41.0 Å². The molecule has 0 amide bonds. The van der Waals surface area contributed by atoms with Gasteiger partial charge >= 0.3 is 5.97 Å². The van der Waals surface area contributed by atoms with Gasteiger partial charge in [-0.2, -0.15) is 0 Å². The summed E-state index contributed by atoms with van der Waals surface area (Å²) in [6.45, 7) is 1.47. The minimum atomic E-state index is -0.310. The van der Waals surface area contributed by atoms with E-state index in [9.17, 15) is 9.59 Å². The highest BCUT2D eigenvalue weighted by molar-refractivity contribution is 5.94. The Bertz CT molecular complexity index is 702. The van der Waals surface area contributed by atoms with E-state index < -0.39 is 0 Å². The predicted molar refractivity (Wildman–Crippen MR) is 78.2 cm³/mol. The third-order valence-electron chi connectivity index (χ3n) is 3.78. The number of ether oxygens (including phenoxy) is 2. The third kappa shape index (κ3) is 2.74. The molecule has 2 unspecified atom stereocenters. The molecule has 1 fully saturated rings. The zero-order chi connectivity index (χ0) is 15.7. The molecule has 0 saturated heterocycles. The SMILES string of the molecule is COc1cc(C(C)=O)ccc1OC(=O)C1CC1c1ccco1. The summed E-state index contributed by atoms with van der Waals surface area (Å²) in [5.74, 6) is 1.01. The quantitative estimate of drug-likeness (QED) is 0.482. The highest BCUT2D eigenvalue weighted by Crippen LogP contribution is 2.48. The molecule has 1 aliphatic carbocycles. The van der Waals surface area contributed by atoms with Crippen molar-refractivity contribution in [1.82, 2.24) is 0 Å². The molecule has 1 heterocycles. The number of rotatable bonds is 5. The van der Waals surface area contributed by atoms with Crippen molar-refractivity contribution in [2.75, 3.05) is 7.11 Å². The van der Waals surface area contributed by atoms with Gasteiger partial charge in [0.2, 0.25) is 0 Å². The summed E-state index contributed by atoms with van der Waals surface area (Å²) >= 11 is 0. The minimum Gasteiger partial charge on any atom is -0.493 e. The van der Waals surface area contributed by atoms with E-state index in [0.29, 0.717) is 17.1 Å². The van der Waals surface area contributed by atoms with Gasteiger partial charge in [0.05, 0.1) is 19.3 Å². The summed E-state index contributed by atoms with van der Waals surface area (Å²) in [4.78, 5) is 23.5. The second-order valence-electron chi connectivity index (χ2n) is 5.31. The Morgan fingerprint density at radius 2 is 2.05 bits per heavy atom. The van der Waals surface area contributed by atoms with Crippen LogP contribution in [0.4, 0.5) is 0 Å². The van der Waals surface area contributed by atoms with Crippen LogP contribution in [0.1, 0.15) is 35.4 Å². The normalized spacial score (nSPS) is 19.5. The van der Waals surface area contributed by atoms with Gasteiger partial charge in [-0.1, -0.05) is 0 Å². The highest BCUT2D eigenvalue weighted by Gasteiger charge is 2.47. The number of esters is 1. The van der Waals surface area contributed by atoms with Crippen LogP contribution in [-0.2, 0) is 4.79 Å². The maximum absolute atomic E-state index is 12.2. The number of carbonyl (C=O) groups is 2. The van der Waals surface area contributed by atoms with Crippen LogP contribution in [-0.4, -0.2) is 18.9 Å². The number of methoxy groups -OCH3 is 1. The smallest absolute Gasteiger partial charge is 0.315 e. The minimum absolute atomic E-state index is 0.0729. The topological polar surface area (TPSA) is 65.7 Å². The molecule has 0 bridgehead atoms. The monoisotopic (exact) mass is 300 g/mol. The van der Waals surface area contributed by atoms with Crippen molar-refractivity contribution in [3.8, 4) is 11.5 Å². The van der Waals surface area contributed by atoms with E-state index in [4.69, 9.17) is 13.9 Å². The van der Waals surface area contributed by atoms with Gasteiger partial charge in [-0.25, -0.2) is 0 Å². The van der Waals surface area contributed by atoms with Gasteiger partial charge in [0.15, 0.2) is 17.3 Å². The maximum Gasteiger partial charge on any atom is 0.315 e. The first-order chi connectivity index (χ1) is 10.6. The third-order valence-corrected chi connectivity index (χ3v) is 3.78. The van der Waals surface area contributed by atoms with Crippen LogP contribution in [0.2, 0.25) is 0 Å². The molecule has 5 heteroatoms. The Balaban J connectivity index is 1.71. The Morgan fingerprint density at radius 1 is 1.23 bits per heavy atom. The van der Waals surface area contributed by atoms with Crippen molar-refractivity contribution in [2.24, 2.45) is 5.92 Å². The summed E-state index contributed by atoms with van der Waals surface area (Å²) < 4.78 is 15.9. The van der Waals surface area contributed by atoms with Gasteiger partial charge in [-0.05, 0) is 43.7 Å². The summed E-state index contributed by atoms with van der Waals surface area (Å²) in [7, 11) is 1.47. The van der Waals surface area contributed by atoms with Crippen LogP contribution in [0.5, 0.6) is 11.5 Å². The summed E-state index contributed by atoms with van der Waals surface area (Å²) in [6, 6.07) is 8.43. The lowest BCUT2D eigenvalue weighted by Gasteiger charge is -2.10. The van der Waals surface area contributed by atoms with E-state index in [1.54, 1.807) is 30.5 Å². The van der Waals surface area contributed by atoms with Crippen molar-refractivity contribution < 1.29 is 23.5 Å². The van der Waals surface area contributed by atoms with E-state index >= 15 is 0 Å². The molecule has 22 heavy (non-hydrogen) atoms. The summed E-state index contributed by atoms with van der Waals surface area (Å²) in [5, 5.41) is 0. The zero-order valence-electron chi connectivity index (χ0n) is 12.4. The zero-order valence-corrected chi connectivity index (χ0v) is 12.4. The molecule has 2 aromatic rings. The molecule has 2 atom stereocenters. The van der Waals surface area contributed by atoms with Crippen LogP contribution >= 0.6 is 0 Å². The van der Waals surface area contributed by atoms with Gasteiger partial charge in [0.25, 0.3) is 0 Å². The number of hydrogen-bond donors (Lipinski definition) is 0. The fraction of sp³-hybridized carbons (Fsp3) is 0.294. The predicted octanol–water partition coefficient (Wildman–Crippen LogP) is 3.20. The molecule has 0 spiro atoms. The molecule has 3 rings (SSSR count). The summed E-state index contributed by atoms with van der Waals surface area (Å²) in [6.07, 6.45) is 2.32. The first kappa shape index (κ1) is 14.4. The van der Waals surface area contributed by atoms with Crippen LogP contribution < -0.4 is 9.47 Å². The van der Waals surface area contributed by atoms with E-state index in [1.807, 2.05) is 6.07 Å². The molecule has 0 aliphatic heterocycles. The van der Waals surface area contributed by atoms with Crippen LogP contribution in [0.25, 0.3) is 0 Å². The molecular formula is C17H16O5. The maximum atomic E-state index is 12.2. The van der Waals surface area contributed by atoms with E-state index in [2.05, 4.69) is 0 Å². The van der Waals surface area contributed by atoms with Crippen LogP contribution in [0.3, 0.4) is 0 Å². The first-order valence-corrected chi connectivity index (χ1v) is 7.04. The van der Waals surface area contributed by atoms with E-state index in [-0.39, 0.29) is 23.6 Å². The van der Waals surface area contributed by atoms with Crippen molar-refractivity contribution in [3.63, 3.8) is 0 Å². The fourth-order valence-electron chi connectivity index (χ4n) is 2.43. The van der Waals surface area contributed by atoms with Gasteiger partial charge in [0, 0.05) is 11.5 Å². The second-order valence-corrected chi connectivity index (χ2v) is 5.31. The average Bonchev–Trinajstić information content (AvgIpc) is 3.13. The molecule has 0 N–H and O–H groups in total. The molecule has 0 radical (unpaired) electrons. The van der Waals surface area contributed by atoms with Gasteiger partial charge in [-0.3, -0.25) is 9.59 Å². The van der Waals surface area contributed by atoms with Gasteiger partial charge in [-0.15, -0.1) is 0 Å². The number of Topliss-reactive ketones (excluding diaryl/α,β-unsaturated/α-hetero) is 1. The lowest BCUT2D eigenvalue weighted by Crippen LogP contribution is -2.12. The van der Waals surface area contributed by atoms with Gasteiger partial charge in [0.1, 0.15) is 5.76 Å². The Kier molecular flexibility index (Phi) is 3.71. The van der Waals surface area contributed by atoms with Crippen molar-refractivity contribution in [2.45, 2.75) is 19.3 Å². The number of benzene rings is 1. The Labute approximate surface area is 127 Å². The molecule has 1 aromatic heterocycles. The Hall–Kier alpha value is -2.56. The van der Waals surface area contributed by atoms with Gasteiger partial charge < -0.3 is 13.9 Å². The van der Waals surface area contributed by atoms with E-state index in [1.165, 1.54) is 14.0 Å². The standard InChI is InChI=1S/C17H16O5/c1-10(18)11-5-6-15(16(8-11)20-2)22-17(19)13-9-12(13)14-4-3-7-21-14/h3-8,12-13H,9H2,1-2H3. The molecule has 114 valence electrons. The van der Waals surface area contributed by atoms with Crippen molar-refractivity contribution in [1.29, 1.82) is 0 Å². The average molecular weight is 300 g/mol. The number of hydrogen-bond acceptors (Lipinski definition) is 5. The van der Waals surface area contributed by atoms with Crippen LogP contribution in [0, 0.1) is 5.92 Å². The fourth-order valence-corrected chi connectivity index (χ4v) is 2.43. The molecule has 1 aromatic carbocycles.